The van der Waals surface area contributed by atoms with Crippen LogP contribution in [0.3, 0.4) is 0 Å². The second-order valence-electron chi connectivity index (χ2n) is 3.42. The van der Waals surface area contributed by atoms with Gasteiger partial charge >= 0.3 is 5.97 Å². The first-order chi connectivity index (χ1) is 9.12. The summed E-state index contributed by atoms with van der Waals surface area (Å²) in [5.74, 6) is -1.26. The van der Waals surface area contributed by atoms with Crippen LogP contribution in [0, 0.1) is 5.82 Å². The molecule has 0 heterocycles. The molecule has 0 atom stereocenters. The number of aldehydes is 1. The van der Waals surface area contributed by atoms with Gasteiger partial charge in [-0.2, -0.15) is 0 Å². The number of ether oxygens (including phenoxy) is 1. The number of benzene rings is 1. The van der Waals surface area contributed by atoms with E-state index in [0.29, 0.717) is 11.8 Å². The van der Waals surface area contributed by atoms with Crippen LogP contribution in [0.5, 0.6) is 0 Å². The van der Waals surface area contributed by atoms with Crippen molar-refractivity contribution in [3.05, 3.63) is 41.2 Å². The fourth-order valence-corrected chi connectivity index (χ4v) is 1.34. The van der Waals surface area contributed by atoms with Crippen LogP contribution in [0.1, 0.15) is 11.1 Å². The first-order valence-corrected chi connectivity index (χ1v) is 5.24. The quantitative estimate of drug-likeness (QED) is 0.369. The van der Waals surface area contributed by atoms with Crippen molar-refractivity contribution in [2.45, 2.75) is 0 Å². The van der Waals surface area contributed by atoms with Crippen molar-refractivity contribution in [2.24, 2.45) is 0 Å². The zero-order valence-corrected chi connectivity index (χ0v) is 10.1. The SMILES string of the molecule is COC(=O)C=Cc1cc(C=CC=O)c(NO)cc1F. The standard InChI is InChI=1S/C13H12FNO4/c1-19-13(17)5-4-9-7-10(3-2-6-16)12(15-18)8-11(9)14/h2-8,15,18H,1H3. The van der Waals surface area contributed by atoms with E-state index in [-0.39, 0.29) is 11.3 Å². The molecule has 0 fully saturated rings. The first kappa shape index (κ1) is 14.6. The highest BCUT2D eigenvalue weighted by molar-refractivity contribution is 5.87. The van der Waals surface area contributed by atoms with E-state index in [1.54, 1.807) is 0 Å². The molecule has 19 heavy (non-hydrogen) atoms. The molecular weight excluding hydrogens is 253 g/mol. The Hall–Kier alpha value is -2.47. The molecule has 0 aliphatic rings. The van der Waals surface area contributed by atoms with Crippen molar-refractivity contribution in [2.75, 3.05) is 12.6 Å². The van der Waals surface area contributed by atoms with Crippen LogP contribution in [-0.4, -0.2) is 24.6 Å². The van der Waals surface area contributed by atoms with E-state index in [1.807, 2.05) is 5.48 Å². The normalized spacial score (nSPS) is 10.9. The van der Waals surface area contributed by atoms with Gasteiger partial charge in [0.2, 0.25) is 0 Å². The molecule has 1 aromatic rings. The average molecular weight is 265 g/mol. The summed E-state index contributed by atoms with van der Waals surface area (Å²) >= 11 is 0. The third kappa shape index (κ3) is 4.04. The van der Waals surface area contributed by atoms with Gasteiger partial charge in [0, 0.05) is 23.3 Å². The van der Waals surface area contributed by atoms with E-state index in [2.05, 4.69) is 4.74 Å². The predicted octanol–water partition coefficient (Wildman–Crippen LogP) is 2.03. The molecule has 1 rings (SSSR count). The Morgan fingerprint density at radius 3 is 2.68 bits per heavy atom. The minimum atomic E-state index is -0.639. The van der Waals surface area contributed by atoms with Crippen LogP contribution < -0.4 is 5.48 Å². The van der Waals surface area contributed by atoms with Gasteiger partial charge in [-0.05, 0) is 24.3 Å². The van der Waals surface area contributed by atoms with Gasteiger partial charge in [-0.3, -0.25) is 15.5 Å². The van der Waals surface area contributed by atoms with Crippen molar-refractivity contribution in [1.29, 1.82) is 0 Å². The number of methoxy groups -OCH3 is 1. The maximum absolute atomic E-state index is 13.6. The van der Waals surface area contributed by atoms with Gasteiger partial charge in [-0.25, -0.2) is 9.18 Å². The number of esters is 1. The number of halogens is 1. The van der Waals surface area contributed by atoms with Gasteiger partial charge in [0.1, 0.15) is 12.1 Å². The lowest BCUT2D eigenvalue weighted by atomic mass is 10.1. The van der Waals surface area contributed by atoms with Crippen LogP contribution in [-0.2, 0) is 14.3 Å². The Morgan fingerprint density at radius 1 is 1.37 bits per heavy atom. The molecule has 100 valence electrons. The molecule has 0 aromatic heterocycles. The molecule has 2 N–H and O–H groups in total. The maximum Gasteiger partial charge on any atom is 0.330 e. The number of allylic oxidation sites excluding steroid dienone is 1. The fraction of sp³-hybridized carbons (Fsp3) is 0.0769. The number of hydrogen-bond donors (Lipinski definition) is 2. The lowest BCUT2D eigenvalue weighted by Gasteiger charge is -2.06. The van der Waals surface area contributed by atoms with Crippen molar-refractivity contribution in [1.82, 2.24) is 0 Å². The van der Waals surface area contributed by atoms with Crippen molar-refractivity contribution in [3.63, 3.8) is 0 Å². The first-order valence-electron chi connectivity index (χ1n) is 5.24. The van der Waals surface area contributed by atoms with Crippen LogP contribution in [0.15, 0.2) is 24.3 Å². The summed E-state index contributed by atoms with van der Waals surface area (Å²) in [5.41, 5.74) is 2.44. The Bertz CT molecular complexity index is 538. The Balaban J connectivity index is 3.18. The summed E-state index contributed by atoms with van der Waals surface area (Å²) in [5, 5.41) is 8.86. The number of anilines is 1. The summed E-state index contributed by atoms with van der Waals surface area (Å²) in [6.07, 6.45) is 5.44. The Labute approximate surface area is 109 Å². The molecule has 0 radical (unpaired) electrons. The third-order valence-electron chi connectivity index (χ3n) is 2.24. The van der Waals surface area contributed by atoms with Crippen LogP contribution in [0.2, 0.25) is 0 Å². The molecule has 0 aliphatic heterocycles. The van der Waals surface area contributed by atoms with Gasteiger partial charge in [0.25, 0.3) is 0 Å². The molecule has 6 heteroatoms. The molecule has 0 saturated heterocycles. The Morgan fingerprint density at radius 2 is 2.11 bits per heavy atom. The average Bonchev–Trinajstić information content (AvgIpc) is 2.43. The van der Waals surface area contributed by atoms with E-state index >= 15 is 0 Å². The fourth-order valence-electron chi connectivity index (χ4n) is 1.34. The molecule has 0 amide bonds. The molecule has 1 aromatic carbocycles. The molecule has 0 aliphatic carbocycles. The minimum Gasteiger partial charge on any atom is -0.466 e. The zero-order valence-electron chi connectivity index (χ0n) is 10.1. The molecule has 0 saturated carbocycles. The summed E-state index contributed by atoms with van der Waals surface area (Å²) in [6, 6.07) is 2.41. The lowest BCUT2D eigenvalue weighted by molar-refractivity contribution is -0.134. The van der Waals surface area contributed by atoms with E-state index in [1.165, 1.54) is 31.4 Å². The summed E-state index contributed by atoms with van der Waals surface area (Å²) in [6.45, 7) is 0. The smallest absolute Gasteiger partial charge is 0.330 e. The second-order valence-corrected chi connectivity index (χ2v) is 3.42. The number of carbonyl (C=O) groups is 2. The maximum atomic E-state index is 13.6. The predicted molar refractivity (Wildman–Crippen MR) is 68.0 cm³/mol. The van der Waals surface area contributed by atoms with E-state index in [0.717, 1.165) is 12.1 Å². The summed E-state index contributed by atoms with van der Waals surface area (Å²) in [4.78, 5) is 21.2. The number of carbonyl (C=O) groups excluding carboxylic acids is 2. The second kappa shape index (κ2) is 7.07. The van der Waals surface area contributed by atoms with Gasteiger partial charge in [0.15, 0.2) is 0 Å². The molecule has 0 bridgehead atoms. The molecular formula is C13H12FNO4. The van der Waals surface area contributed by atoms with Gasteiger partial charge < -0.3 is 4.74 Å². The summed E-state index contributed by atoms with van der Waals surface area (Å²) in [7, 11) is 1.21. The van der Waals surface area contributed by atoms with Crippen LogP contribution in [0.4, 0.5) is 10.1 Å². The highest BCUT2D eigenvalue weighted by Gasteiger charge is 2.06. The number of rotatable bonds is 5. The largest absolute Gasteiger partial charge is 0.466 e. The van der Waals surface area contributed by atoms with E-state index < -0.39 is 11.8 Å². The Kier molecular flexibility index (Phi) is 5.43. The van der Waals surface area contributed by atoms with Crippen LogP contribution >= 0.6 is 0 Å². The molecule has 0 spiro atoms. The molecule has 0 unspecified atom stereocenters. The zero-order chi connectivity index (χ0) is 14.3. The van der Waals surface area contributed by atoms with Crippen molar-refractivity contribution < 1.29 is 23.9 Å². The van der Waals surface area contributed by atoms with E-state index in [9.17, 15) is 14.0 Å². The van der Waals surface area contributed by atoms with Gasteiger partial charge in [0.05, 0.1) is 12.8 Å². The molecule has 5 nitrogen and oxygen atoms in total. The number of nitrogens with one attached hydrogen (secondary N) is 1. The van der Waals surface area contributed by atoms with Gasteiger partial charge in [-0.1, -0.05) is 0 Å². The van der Waals surface area contributed by atoms with Crippen molar-refractivity contribution in [3.8, 4) is 0 Å². The van der Waals surface area contributed by atoms with Crippen LogP contribution in [0.25, 0.3) is 12.2 Å². The minimum absolute atomic E-state index is 0.103. The van der Waals surface area contributed by atoms with Gasteiger partial charge in [-0.15, -0.1) is 0 Å². The number of hydrogen-bond acceptors (Lipinski definition) is 5. The lowest BCUT2D eigenvalue weighted by Crippen LogP contribution is -1.97. The highest BCUT2D eigenvalue weighted by atomic mass is 19.1. The summed E-state index contributed by atoms with van der Waals surface area (Å²) < 4.78 is 18.0. The van der Waals surface area contributed by atoms with Crippen molar-refractivity contribution >= 4 is 30.1 Å². The third-order valence-corrected chi connectivity index (χ3v) is 2.24. The monoisotopic (exact) mass is 265 g/mol. The topological polar surface area (TPSA) is 75.6 Å². The highest BCUT2D eigenvalue weighted by Crippen LogP contribution is 2.22. The van der Waals surface area contributed by atoms with E-state index in [4.69, 9.17) is 5.21 Å².